The van der Waals surface area contributed by atoms with Gasteiger partial charge in [0.25, 0.3) is 0 Å². The van der Waals surface area contributed by atoms with Crippen molar-refractivity contribution in [1.29, 1.82) is 0 Å². The lowest BCUT2D eigenvalue weighted by Gasteiger charge is -2.49. The minimum Gasteiger partial charge on any atom is -0.392 e. The summed E-state index contributed by atoms with van der Waals surface area (Å²) in [6, 6.07) is 0.573. The van der Waals surface area contributed by atoms with E-state index in [1.807, 2.05) is 0 Å². The Kier molecular flexibility index (Phi) is 2.82. The first-order valence-corrected chi connectivity index (χ1v) is 5.62. The summed E-state index contributed by atoms with van der Waals surface area (Å²) in [4.78, 5) is 4.65. The third kappa shape index (κ3) is 1.69. The third-order valence-corrected chi connectivity index (χ3v) is 3.98. The minimum absolute atomic E-state index is 0.0626. The van der Waals surface area contributed by atoms with Crippen LogP contribution in [0.25, 0.3) is 0 Å². The molecule has 1 aliphatic carbocycles. The molecule has 2 fully saturated rings. The molecule has 3 heteroatoms. The molecule has 82 valence electrons. The van der Waals surface area contributed by atoms with E-state index in [2.05, 4.69) is 30.9 Å². The van der Waals surface area contributed by atoms with Gasteiger partial charge in [0.05, 0.1) is 6.10 Å². The van der Waals surface area contributed by atoms with Crippen molar-refractivity contribution < 1.29 is 5.11 Å². The van der Waals surface area contributed by atoms with Crippen LogP contribution in [-0.4, -0.2) is 61.3 Å². The van der Waals surface area contributed by atoms with E-state index in [9.17, 15) is 5.11 Å². The van der Waals surface area contributed by atoms with Crippen molar-refractivity contribution in [3.8, 4) is 0 Å². The highest BCUT2D eigenvalue weighted by molar-refractivity contribution is 4.96. The summed E-state index contributed by atoms with van der Waals surface area (Å²) in [7, 11) is 6.43. The Hall–Kier alpha value is -0.120. The van der Waals surface area contributed by atoms with Gasteiger partial charge >= 0.3 is 0 Å². The molecular weight excluding hydrogens is 176 g/mol. The van der Waals surface area contributed by atoms with Crippen molar-refractivity contribution in [2.45, 2.75) is 25.0 Å². The fourth-order valence-corrected chi connectivity index (χ4v) is 3.25. The van der Waals surface area contributed by atoms with E-state index in [1.54, 1.807) is 0 Å². The Labute approximate surface area is 86.7 Å². The highest BCUT2D eigenvalue weighted by atomic mass is 16.3. The molecule has 0 aromatic rings. The van der Waals surface area contributed by atoms with Crippen molar-refractivity contribution in [1.82, 2.24) is 9.80 Å². The lowest BCUT2D eigenvalue weighted by molar-refractivity contribution is -0.0757. The number of likely N-dealkylation sites (tertiary alicyclic amines) is 1. The standard InChI is InChI=1S/C11H22N2O/c1-12(2)10-5-4-8-6-13(3)7-9(10)11(8)14/h8-11,14H,4-7H2,1-3H3/t8?,9?,10-,11-/m1/s1. The predicted octanol–water partition coefficient (Wildman–Crippen LogP) is 0.249. The van der Waals surface area contributed by atoms with Crippen molar-refractivity contribution in [3.05, 3.63) is 0 Å². The van der Waals surface area contributed by atoms with Gasteiger partial charge in [0.1, 0.15) is 0 Å². The molecule has 1 saturated carbocycles. The second-order valence-corrected chi connectivity index (χ2v) is 5.24. The van der Waals surface area contributed by atoms with Crippen molar-refractivity contribution in [2.75, 3.05) is 34.2 Å². The van der Waals surface area contributed by atoms with Crippen LogP contribution in [0.2, 0.25) is 0 Å². The van der Waals surface area contributed by atoms with Gasteiger partial charge in [0.15, 0.2) is 0 Å². The summed E-state index contributed by atoms with van der Waals surface area (Å²) in [5.41, 5.74) is 0. The van der Waals surface area contributed by atoms with E-state index in [0.717, 1.165) is 13.1 Å². The average Bonchev–Trinajstić information content (AvgIpc) is 2.07. The van der Waals surface area contributed by atoms with Crippen molar-refractivity contribution in [2.24, 2.45) is 11.8 Å². The van der Waals surface area contributed by atoms with Crippen LogP contribution in [0.1, 0.15) is 12.8 Å². The van der Waals surface area contributed by atoms with Crippen LogP contribution < -0.4 is 0 Å². The largest absolute Gasteiger partial charge is 0.392 e. The number of fused-ring (bicyclic) bond motifs is 2. The highest BCUT2D eigenvalue weighted by Gasteiger charge is 2.43. The molecule has 1 heterocycles. The van der Waals surface area contributed by atoms with Crippen LogP contribution in [0.3, 0.4) is 0 Å². The first-order valence-electron chi connectivity index (χ1n) is 5.62. The van der Waals surface area contributed by atoms with E-state index >= 15 is 0 Å². The number of hydrogen-bond acceptors (Lipinski definition) is 3. The molecule has 1 saturated heterocycles. The van der Waals surface area contributed by atoms with E-state index in [-0.39, 0.29) is 6.10 Å². The zero-order valence-corrected chi connectivity index (χ0v) is 9.48. The molecule has 2 bridgehead atoms. The first kappa shape index (κ1) is 10.4. The minimum atomic E-state index is -0.0626. The van der Waals surface area contributed by atoms with Gasteiger partial charge < -0.3 is 14.9 Å². The normalized spacial score (nSPS) is 44.4. The van der Waals surface area contributed by atoms with Gasteiger partial charge in [-0.2, -0.15) is 0 Å². The number of aliphatic hydroxyl groups excluding tert-OH is 1. The molecule has 4 atom stereocenters. The lowest BCUT2D eigenvalue weighted by atomic mass is 9.72. The molecule has 0 spiro atoms. The van der Waals surface area contributed by atoms with E-state index in [1.165, 1.54) is 12.8 Å². The number of hydrogen-bond donors (Lipinski definition) is 1. The monoisotopic (exact) mass is 198 g/mol. The van der Waals surface area contributed by atoms with Gasteiger partial charge in [-0.25, -0.2) is 0 Å². The summed E-state index contributed by atoms with van der Waals surface area (Å²) in [5, 5.41) is 10.2. The Morgan fingerprint density at radius 1 is 1.21 bits per heavy atom. The zero-order valence-electron chi connectivity index (χ0n) is 9.48. The topological polar surface area (TPSA) is 26.7 Å². The average molecular weight is 198 g/mol. The number of piperidine rings is 1. The van der Waals surface area contributed by atoms with Gasteiger partial charge in [0.2, 0.25) is 0 Å². The van der Waals surface area contributed by atoms with Crippen LogP contribution in [0.15, 0.2) is 0 Å². The maximum Gasteiger partial charge on any atom is 0.0635 e. The number of aliphatic hydroxyl groups is 1. The Bertz CT molecular complexity index is 207. The summed E-state index contributed by atoms with van der Waals surface area (Å²) in [6.07, 6.45) is 2.38. The van der Waals surface area contributed by atoms with Crippen LogP contribution >= 0.6 is 0 Å². The van der Waals surface area contributed by atoms with E-state index < -0.39 is 0 Å². The van der Waals surface area contributed by atoms with Gasteiger partial charge in [0, 0.05) is 25.0 Å². The fourth-order valence-electron chi connectivity index (χ4n) is 3.25. The van der Waals surface area contributed by atoms with Gasteiger partial charge in [-0.05, 0) is 39.9 Å². The highest BCUT2D eigenvalue weighted by Crippen LogP contribution is 2.36. The molecule has 2 aliphatic rings. The molecule has 1 N–H and O–H groups in total. The zero-order chi connectivity index (χ0) is 10.3. The van der Waals surface area contributed by atoms with Crippen LogP contribution in [0.4, 0.5) is 0 Å². The Balaban J connectivity index is 2.12. The number of nitrogens with zero attached hydrogens (tertiary/aromatic N) is 2. The molecule has 1 aliphatic heterocycles. The fraction of sp³-hybridized carbons (Fsp3) is 1.00. The molecule has 14 heavy (non-hydrogen) atoms. The smallest absolute Gasteiger partial charge is 0.0635 e. The molecule has 0 aromatic carbocycles. The van der Waals surface area contributed by atoms with Crippen molar-refractivity contribution >= 4 is 0 Å². The van der Waals surface area contributed by atoms with Gasteiger partial charge in [-0.3, -0.25) is 0 Å². The summed E-state index contributed by atoms with van der Waals surface area (Å²) in [5.74, 6) is 0.984. The summed E-state index contributed by atoms with van der Waals surface area (Å²) < 4.78 is 0. The second-order valence-electron chi connectivity index (χ2n) is 5.24. The van der Waals surface area contributed by atoms with E-state index in [0.29, 0.717) is 17.9 Å². The quantitative estimate of drug-likeness (QED) is 0.654. The molecule has 2 rings (SSSR count). The van der Waals surface area contributed by atoms with Crippen LogP contribution in [-0.2, 0) is 0 Å². The molecule has 0 aromatic heterocycles. The van der Waals surface area contributed by atoms with E-state index in [4.69, 9.17) is 0 Å². The predicted molar refractivity (Wildman–Crippen MR) is 57.2 cm³/mol. The first-order chi connectivity index (χ1) is 6.59. The maximum absolute atomic E-state index is 10.2. The van der Waals surface area contributed by atoms with Crippen LogP contribution in [0, 0.1) is 11.8 Å². The molecule has 0 amide bonds. The van der Waals surface area contributed by atoms with Crippen LogP contribution in [0.5, 0.6) is 0 Å². The maximum atomic E-state index is 10.2. The summed E-state index contributed by atoms with van der Waals surface area (Å²) in [6.45, 7) is 2.14. The van der Waals surface area contributed by atoms with Gasteiger partial charge in [-0.15, -0.1) is 0 Å². The molecule has 0 radical (unpaired) electrons. The Morgan fingerprint density at radius 2 is 1.93 bits per heavy atom. The third-order valence-electron chi connectivity index (χ3n) is 3.98. The summed E-state index contributed by atoms with van der Waals surface area (Å²) >= 11 is 0. The van der Waals surface area contributed by atoms with Gasteiger partial charge in [-0.1, -0.05) is 0 Å². The lowest BCUT2D eigenvalue weighted by Crippen LogP contribution is -2.58. The molecular formula is C11H22N2O. The Morgan fingerprint density at radius 3 is 2.57 bits per heavy atom. The SMILES string of the molecule is CN1CC2CC[C@@H](N(C)C)C(C1)[C@@H]2O. The molecule has 2 unspecified atom stereocenters. The second kappa shape index (κ2) is 3.80. The van der Waals surface area contributed by atoms with Crippen molar-refractivity contribution in [3.63, 3.8) is 0 Å². The number of rotatable bonds is 1. The molecule has 3 nitrogen and oxygen atoms in total.